The molecule has 0 saturated heterocycles. The number of hydrazine groups is 1. The third-order valence-electron chi connectivity index (χ3n) is 1.94. The predicted molar refractivity (Wildman–Crippen MR) is 60.9 cm³/mol. The van der Waals surface area contributed by atoms with Crippen LogP contribution in [0.1, 0.15) is 0 Å². The molecule has 16 heavy (non-hydrogen) atoms. The van der Waals surface area contributed by atoms with Gasteiger partial charge in [0.2, 0.25) is 0 Å². The molecule has 0 aliphatic heterocycles. The lowest BCUT2D eigenvalue weighted by Gasteiger charge is -2.15. The summed E-state index contributed by atoms with van der Waals surface area (Å²) in [6, 6.07) is 0. The number of nitrogens with zero attached hydrogens (tertiary/aromatic N) is 5. The molecule has 7 nitrogen and oxygen atoms in total. The highest BCUT2D eigenvalue weighted by Crippen LogP contribution is 2.20. The van der Waals surface area contributed by atoms with E-state index in [0.717, 1.165) is 0 Å². The molecule has 3 N–H and O–H groups in total. The number of anilines is 2. The Balaban J connectivity index is 2.41. The standard InChI is InChI=1S/C9H13N7/c1-15(2)14-8-7(10)9(13-5-12-8)16-4-3-11-6-16/h3-6H,10H2,1-2H3,(H,12,13,14). The molecule has 0 radical (unpaired) electrons. The van der Waals surface area contributed by atoms with Gasteiger partial charge in [0.05, 0.1) is 0 Å². The zero-order chi connectivity index (χ0) is 11.5. The van der Waals surface area contributed by atoms with Gasteiger partial charge in [0.25, 0.3) is 0 Å². The lowest BCUT2D eigenvalue weighted by Crippen LogP contribution is -2.22. The van der Waals surface area contributed by atoms with Crippen LogP contribution in [0.3, 0.4) is 0 Å². The summed E-state index contributed by atoms with van der Waals surface area (Å²) in [6.07, 6.45) is 6.54. The summed E-state index contributed by atoms with van der Waals surface area (Å²) in [6.45, 7) is 0. The fraction of sp³-hybridized carbons (Fsp3) is 0.222. The first-order valence-electron chi connectivity index (χ1n) is 4.71. The number of nitrogens with one attached hydrogen (secondary N) is 1. The summed E-state index contributed by atoms with van der Waals surface area (Å²) in [5, 5.41) is 1.76. The van der Waals surface area contributed by atoms with Crippen LogP contribution in [0.5, 0.6) is 0 Å². The maximum Gasteiger partial charge on any atom is 0.169 e. The molecule has 2 aromatic heterocycles. The lowest BCUT2D eigenvalue weighted by molar-refractivity contribution is 0.492. The van der Waals surface area contributed by atoms with E-state index in [1.807, 2.05) is 14.1 Å². The van der Waals surface area contributed by atoms with E-state index in [-0.39, 0.29) is 0 Å². The van der Waals surface area contributed by atoms with Crippen LogP contribution in [0.2, 0.25) is 0 Å². The largest absolute Gasteiger partial charge is 0.393 e. The fourth-order valence-electron chi connectivity index (χ4n) is 1.28. The van der Waals surface area contributed by atoms with Gasteiger partial charge in [-0.15, -0.1) is 0 Å². The Morgan fingerprint density at radius 1 is 1.38 bits per heavy atom. The van der Waals surface area contributed by atoms with Crippen LogP contribution in [0.4, 0.5) is 11.5 Å². The number of imidazole rings is 1. The van der Waals surface area contributed by atoms with Gasteiger partial charge in [0, 0.05) is 26.5 Å². The first-order valence-corrected chi connectivity index (χ1v) is 4.71. The van der Waals surface area contributed by atoms with Crippen LogP contribution in [-0.2, 0) is 0 Å². The summed E-state index contributed by atoms with van der Waals surface area (Å²) >= 11 is 0. The quantitative estimate of drug-likeness (QED) is 0.714. The highest BCUT2D eigenvalue weighted by molar-refractivity contribution is 5.68. The van der Waals surface area contributed by atoms with Crippen LogP contribution < -0.4 is 11.2 Å². The molecule has 0 unspecified atom stereocenters. The topological polar surface area (TPSA) is 84.9 Å². The van der Waals surface area contributed by atoms with Gasteiger partial charge in [-0.2, -0.15) is 0 Å². The fourth-order valence-corrected chi connectivity index (χ4v) is 1.28. The first-order chi connectivity index (χ1) is 7.68. The van der Waals surface area contributed by atoms with E-state index in [9.17, 15) is 0 Å². The molecule has 0 aliphatic carbocycles. The van der Waals surface area contributed by atoms with E-state index in [0.29, 0.717) is 17.3 Å². The molecule has 0 bridgehead atoms. The van der Waals surface area contributed by atoms with Gasteiger partial charge in [0.15, 0.2) is 11.6 Å². The maximum absolute atomic E-state index is 5.96. The van der Waals surface area contributed by atoms with Gasteiger partial charge in [-0.1, -0.05) is 0 Å². The lowest BCUT2D eigenvalue weighted by atomic mass is 10.4. The molecule has 0 saturated carbocycles. The zero-order valence-electron chi connectivity index (χ0n) is 9.12. The van der Waals surface area contributed by atoms with Crippen LogP contribution in [0.15, 0.2) is 25.0 Å². The minimum Gasteiger partial charge on any atom is -0.393 e. The van der Waals surface area contributed by atoms with Gasteiger partial charge >= 0.3 is 0 Å². The monoisotopic (exact) mass is 219 g/mol. The number of nitrogens with two attached hydrogens (primary N) is 1. The van der Waals surface area contributed by atoms with E-state index in [1.165, 1.54) is 6.33 Å². The van der Waals surface area contributed by atoms with E-state index >= 15 is 0 Å². The van der Waals surface area contributed by atoms with Crippen molar-refractivity contribution in [2.24, 2.45) is 0 Å². The van der Waals surface area contributed by atoms with Gasteiger partial charge in [-0.25, -0.2) is 20.0 Å². The Bertz CT molecular complexity index is 463. The number of rotatable bonds is 3. The van der Waals surface area contributed by atoms with Crippen molar-refractivity contribution in [3.05, 3.63) is 25.0 Å². The Hall–Kier alpha value is -2.15. The summed E-state index contributed by atoms with van der Waals surface area (Å²) in [5.41, 5.74) is 9.44. The Kier molecular flexibility index (Phi) is 2.69. The van der Waals surface area contributed by atoms with Crippen LogP contribution >= 0.6 is 0 Å². The highest BCUT2D eigenvalue weighted by atomic mass is 15.5. The van der Waals surface area contributed by atoms with E-state index < -0.39 is 0 Å². The Labute approximate surface area is 92.9 Å². The first kappa shape index (κ1) is 10.4. The minimum atomic E-state index is 0.481. The van der Waals surface area contributed by atoms with Crippen LogP contribution in [-0.4, -0.2) is 38.6 Å². The van der Waals surface area contributed by atoms with E-state index in [4.69, 9.17) is 5.73 Å². The van der Waals surface area contributed by atoms with Crippen molar-refractivity contribution in [3.8, 4) is 5.82 Å². The Morgan fingerprint density at radius 3 is 2.81 bits per heavy atom. The number of aromatic nitrogens is 4. The molecule has 0 aliphatic rings. The molecule has 2 rings (SSSR count). The second-order valence-electron chi connectivity index (χ2n) is 3.44. The second kappa shape index (κ2) is 4.15. The van der Waals surface area contributed by atoms with Crippen molar-refractivity contribution in [2.75, 3.05) is 25.3 Å². The summed E-state index contributed by atoms with van der Waals surface area (Å²) in [5.74, 6) is 1.18. The van der Waals surface area contributed by atoms with Crippen LogP contribution in [0.25, 0.3) is 5.82 Å². The van der Waals surface area contributed by atoms with Crippen molar-refractivity contribution < 1.29 is 0 Å². The highest BCUT2D eigenvalue weighted by Gasteiger charge is 2.09. The van der Waals surface area contributed by atoms with Gasteiger partial charge < -0.3 is 11.2 Å². The van der Waals surface area contributed by atoms with Gasteiger partial charge in [-0.3, -0.25) is 4.57 Å². The van der Waals surface area contributed by atoms with Crippen molar-refractivity contribution >= 4 is 11.5 Å². The normalized spacial score (nSPS) is 10.7. The van der Waals surface area contributed by atoms with Crippen LogP contribution in [0, 0.1) is 0 Å². The second-order valence-corrected chi connectivity index (χ2v) is 3.44. The maximum atomic E-state index is 5.96. The number of hydrogen-bond donors (Lipinski definition) is 2. The minimum absolute atomic E-state index is 0.481. The molecule has 84 valence electrons. The molecule has 7 heteroatoms. The SMILES string of the molecule is CN(C)Nc1ncnc(-n2ccnc2)c1N. The molecule has 0 fully saturated rings. The van der Waals surface area contributed by atoms with E-state index in [2.05, 4.69) is 20.4 Å². The summed E-state index contributed by atoms with van der Waals surface area (Å²) < 4.78 is 1.73. The number of hydrogen-bond acceptors (Lipinski definition) is 6. The van der Waals surface area contributed by atoms with Crippen molar-refractivity contribution in [2.45, 2.75) is 0 Å². The molecule has 0 spiro atoms. The summed E-state index contributed by atoms with van der Waals surface area (Å²) in [4.78, 5) is 12.1. The molecule has 0 aromatic carbocycles. The predicted octanol–water partition coefficient (Wildman–Crippen LogP) is 0.133. The number of nitrogen functional groups attached to an aromatic ring is 1. The Morgan fingerprint density at radius 2 is 2.19 bits per heavy atom. The van der Waals surface area contributed by atoms with Crippen molar-refractivity contribution in [1.82, 2.24) is 24.5 Å². The average molecular weight is 219 g/mol. The molecule has 0 amide bonds. The third-order valence-corrected chi connectivity index (χ3v) is 1.94. The third kappa shape index (κ3) is 1.94. The van der Waals surface area contributed by atoms with Crippen molar-refractivity contribution in [1.29, 1.82) is 0 Å². The van der Waals surface area contributed by atoms with Gasteiger partial charge in [0.1, 0.15) is 18.3 Å². The van der Waals surface area contributed by atoms with E-state index in [1.54, 1.807) is 28.3 Å². The molecular weight excluding hydrogens is 206 g/mol. The van der Waals surface area contributed by atoms with Gasteiger partial charge in [-0.05, 0) is 0 Å². The molecule has 2 heterocycles. The molecule has 2 aromatic rings. The molecular formula is C9H13N7. The average Bonchev–Trinajstić information content (AvgIpc) is 2.73. The smallest absolute Gasteiger partial charge is 0.169 e. The summed E-state index contributed by atoms with van der Waals surface area (Å²) in [7, 11) is 3.72. The van der Waals surface area contributed by atoms with Crippen molar-refractivity contribution in [3.63, 3.8) is 0 Å². The zero-order valence-corrected chi connectivity index (χ0v) is 9.12. The molecule has 0 atom stereocenters.